The maximum Gasteiger partial charge on any atom is 0.411 e. The van der Waals surface area contributed by atoms with Gasteiger partial charge < -0.3 is 14.7 Å². The number of carbonyl (C=O) groups excluding carboxylic acids is 2. The average Bonchev–Trinajstić information content (AvgIpc) is 3.17. The molecule has 1 aliphatic rings. The van der Waals surface area contributed by atoms with Gasteiger partial charge in [0.1, 0.15) is 12.4 Å². The molecular formula is C27H25FN2O5. The number of rotatable bonds is 8. The number of fused-ring (bicyclic) bond motifs is 3. The summed E-state index contributed by atoms with van der Waals surface area (Å²) in [5.74, 6) is -2.41. The largest absolute Gasteiger partial charge is 0.481 e. The first kappa shape index (κ1) is 23.9. The van der Waals surface area contributed by atoms with Crippen molar-refractivity contribution in [2.45, 2.75) is 18.8 Å². The van der Waals surface area contributed by atoms with Gasteiger partial charge in [0, 0.05) is 31.6 Å². The number of anilines is 1. The van der Waals surface area contributed by atoms with Gasteiger partial charge >= 0.3 is 12.1 Å². The third kappa shape index (κ3) is 5.32. The van der Waals surface area contributed by atoms with E-state index in [4.69, 9.17) is 9.84 Å². The molecule has 0 heterocycles. The van der Waals surface area contributed by atoms with Crippen LogP contribution in [0, 0.1) is 5.82 Å². The molecule has 0 aromatic heterocycles. The van der Waals surface area contributed by atoms with Gasteiger partial charge in [0.2, 0.25) is 0 Å². The Balaban J connectivity index is 1.40. The lowest BCUT2D eigenvalue weighted by molar-refractivity contribution is -0.137. The first-order valence-electron chi connectivity index (χ1n) is 11.2. The molecule has 0 saturated carbocycles. The predicted octanol–water partition coefficient (Wildman–Crippen LogP) is 5.12. The molecule has 2 N–H and O–H groups in total. The van der Waals surface area contributed by atoms with E-state index in [1.54, 1.807) is 0 Å². The van der Waals surface area contributed by atoms with Crippen molar-refractivity contribution in [2.75, 3.05) is 25.5 Å². The van der Waals surface area contributed by atoms with E-state index >= 15 is 0 Å². The van der Waals surface area contributed by atoms with E-state index in [0.717, 1.165) is 28.3 Å². The molecule has 180 valence electrons. The van der Waals surface area contributed by atoms with Crippen molar-refractivity contribution < 1.29 is 28.6 Å². The van der Waals surface area contributed by atoms with Crippen LogP contribution in [0.25, 0.3) is 11.1 Å². The van der Waals surface area contributed by atoms with Gasteiger partial charge in [-0.3, -0.25) is 14.9 Å². The molecule has 4 rings (SSSR count). The molecule has 0 fully saturated rings. The van der Waals surface area contributed by atoms with Gasteiger partial charge in [-0.25, -0.2) is 9.18 Å². The van der Waals surface area contributed by atoms with E-state index in [9.17, 15) is 18.8 Å². The van der Waals surface area contributed by atoms with Crippen molar-refractivity contribution in [3.05, 3.63) is 89.2 Å². The molecule has 0 aliphatic heterocycles. The number of carboxylic acid groups (broad SMARTS) is 1. The number of carboxylic acids is 1. The fourth-order valence-corrected chi connectivity index (χ4v) is 4.29. The molecule has 35 heavy (non-hydrogen) atoms. The minimum absolute atomic E-state index is 0.0938. The Morgan fingerprint density at radius 3 is 2.26 bits per heavy atom. The molecule has 3 aromatic rings. The highest BCUT2D eigenvalue weighted by Crippen LogP contribution is 2.44. The van der Waals surface area contributed by atoms with Gasteiger partial charge in [-0.2, -0.15) is 0 Å². The fourth-order valence-electron chi connectivity index (χ4n) is 4.29. The van der Waals surface area contributed by atoms with Crippen LogP contribution in [-0.2, 0) is 9.53 Å². The van der Waals surface area contributed by atoms with Crippen molar-refractivity contribution in [3.63, 3.8) is 0 Å². The number of amides is 2. The topological polar surface area (TPSA) is 95.9 Å². The summed E-state index contributed by atoms with van der Waals surface area (Å²) in [5, 5.41) is 11.3. The Morgan fingerprint density at radius 2 is 1.63 bits per heavy atom. The Bertz CT molecular complexity index is 1230. The monoisotopic (exact) mass is 476 g/mol. The Labute approximate surface area is 202 Å². The smallest absolute Gasteiger partial charge is 0.411 e. The van der Waals surface area contributed by atoms with Crippen molar-refractivity contribution in [1.82, 2.24) is 4.90 Å². The van der Waals surface area contributed by atoms with E-state index in [1.165, 1.54) is 24.1 Å². The molecule has 0 atom stereocenters. The third-order valence-electron chi connectivity index (χ3n) is 6.02. The molecule has 1 aliphatic carbocycles. The lowest BCUT2D eigenvalue weighted by Gasteiger charge is -2.18. The maximum absolute atomic E-state index is 14.3. The zero-order valence-corrected chi connectivity index (χ0v) is 19.2. The molecule has 3 aromatic carbocycles. The SMILES string of the molecule is CN(CCCC(=O)O)C(=O)c1cc(NC(=O)OCC2c3ccccc3-c3ccccc32)ccc1F. The number of carbonyl (C=O) groups is 3. The predicted molar refractivity (Wildman–Crippen MR) is 129 cm³/mol. The van der Waals surface area contributed by atoms with Crippen LogP contribution >= 0.6 is 0 Å². The fraction of sp³-hybridized carbons (Fsp3) is 0.222. The number of nitrogens with one attached hydrogen (secondary N) is 1. The van der Waals surface area contributed by atoms with Crippen LogP contribution in [0.4, 0.5) is 14.9 Å². The molecule has 2 amide bonds. The second kappa shape index (κ2) is 10.4. The molecule has 0 spiro atoms. The highest BCUT2D eigenvalue weighted by molar-refractivity contribution is 5.96. The molecule has 7 nitrogen and oxygen atoms in total. The average molecular weight is 477 g/mol. The summed E-state index contributed by atoms with van der Waals surface area (Å²) in [7, 11) is 1.47. The van der Waals surface area contributed by atoms with Crippen LogP contribution < -0.4 is 5.32 Å². The lowest BCUT2D eigenvalue weighted by Crippen LogP contribution is -2.29. The first-order chi connectivity index (χ1) is 16.8. The first-order valence-corrected chi connectivity index (χ1v) is 11.2. The van der Waals surface area contributed by atoms with Crippen molar-refractivity contribution >= 4 is 23.7 Å². The Morgan fingerprint density at radius 1 is 1.00 bits per heavy atom. The van der Waals surface area contributed by atoms with Crippen LogP contribution in [0.5, 0.6) is 0 Å². The summed E-state index contributed by atoms with van der Waals surface area (Å²) < 4.78 is 19.8. The minimum Gasteiger partial charge on any atom is -0.481 e. The van der Waals surface area contributed by atoms with Crippen LogP contribution in [0.1, 0.15) is 40.2 Å². The molecular weight excluding hydrogens is 451 g/mol. The summed E-state index contributed by atoms with van der Waals surface area (Å²) >= 11 is 0. The summed E-state index contributed by atoms with van der Waals surface area (Å²) in [6, 6.07) is 19.7. The third-order valence-corrected chi connectivity index (χ3v) is 6.02. The van der Waals surface area contributed by atoms with Gasteiger partial charge in [-0.1, -0.05) is 48.5 Å². The van der Waals surface area contributed by atoms with Gasteiger partial charge in [0.15, 0.2) is 0 Å². The summed E-state index contributed by atoms with van der Waals surface area (Å²) in [5.41, 5.74) is 4.40. The summed E-state index contributed by atoms with van der Waals surface area (Å²) in [4.78, 5) is 37.0. The van der Waals surface area contributed by atoms with E-state index in [0.29, 0.717) is 0 Å². The van der Waals surface area contributed by atoms with E-state index in [-0.39, 0.29) is 43.2 Å². The van der Waals surface area contributed by atoms with E-state index < -0.39 is 23.8 Å². The Kier molecular flexibility index (Phi) is 7.10. The maximum atomic E-state index is 14.3. The van der Waals surface area contributed by atoms with Gasteiger partial charge in [-0.05, 0) is 46.9 Å². The number of halogens is 1. The summed E-state index contributed by atoms with van der Waals surface area (Å²) in [6.45, 7) is 0.285. The highest BCUT2D eigenvalue weighted by atomic mass is 19.1. The van der Waals surface area contributed by atoms with Crippen LogP contribution in [0.2, 0.25) is 0 Å². The van der Waals surface area contributed by atoms with Crippen molar-refractivity contribution in [3.8, 4) is 11.1 Å². The number of hydrogen-bond acceptors (Lipinski definition) is 4. The number of aliphatic carboxylic acids is 1. The molecule has 0 bridgehead atoms. The zero-order chi connectivity index (χ0) is 24.9. The number of hydrogen-bond donors (Lipinski definition) is 2. The van der Waals surface area contributed by atoms with Crippen LogP contribution in [-0.4, -0.2) is 48.2 Å². The molecule has 8 heteroatoms. The highest BCUT2D eigenvalue weighted by Gasteiger charge is 2.29. The van der Waals surface area contributed by atoms with Gasteiger partial charge in [0.25, 0.3) is 5.91 Å². The van der Waals surface area contributed by atoms with Crippen LogP contribution in [0.3, 0.4) is 0 Å². The van der Waals surface area contributed by atoms with Crippen molar-refractivity contribution in [1.29, 1.82) is 0 Å². The molecule has 0 unspecified atom stereocenters. The molecule has 0 radical (unpaired) electrons. The quantitative estimate of drug-likeness (QED) is 0.470. The van der Waals surface area contributed by atoms with E-state index in [2.05, 4.69) is 5.32 Å². The van der Waals surface area contributed by atoms with E-state index in [1.807, 2.05) is 48.5 Å². The number of nitrogens with zero attached hydrogens (tertiary/aromatic N) is 1. The minimum atomic E-state index is -0.966. The number of benzene rings is 3. The summed E-state index contributed by atoms with van der Waals surface area (Å²) in [6.07, 6.45) is -0.563. The number of ether oxygens (including phenoxy) is 1. The second-order valence-corrected chi connectivity index (χ2v) is 8.37. The standard InChI is InChI=1S/C27H25FN2O5/c1-30(14-6-11-25(31)32)26(33)22-15-17(12-13-24(22)28)29-27(34)35-16-23-20-9-4-2-7-18(20)19-8-3-5-10-21(19)23/h2-5,7-10,12-13,15,23H,6,11,14,16H2,1H3,(H,29,34)(H,31,32). The van der Waals surface area contributed by atoms with Gasteiger partial charge in [-0.15, -0.1) is 0 Å². The normalized spacial score (nSPS) is 11.9. The van der Waals surface area contributed by atoms with Gasteiger partial charge in [0.05, 0.1) is 5.56 Å². The van der Waals surface area contributed by atoms with Crippen LogP contribution in [0.15, 0.2) is 66.7 Å². The second-order valence-electron chi connectivity index (χ2n) is 8.37. The zero-order valence-electron chi connectivity index (χ0n) is 19.2. The van der Waals surface area contributed by atoms with Crippen molar-refractivity contribution in [2.24, 2.45) is 0 Å². The lowest BCUT2D eigenvalue weighted by atomic mass is 9.98. The molecule has 0 saturated heterocycles. The Hall–Kier alpha value is -4.20.